The summed E-state index contributed by atoms with van der Waals surface area (Å²) in [7, 11) is 0. The van der Waals surface area contributed by atoms with Gasteiger partial charge in [-0.3, -0.25) is 4.99 Å². The summed E-state index contributed by atoms with van der Waals surface area (Å²) in [6.45, 7) is 0.773. The first-order valence-electron chi connectivity index (χ1n) is 3.85. The highest BCUT2D eigenvalue weighted by Crippen LogP contribution is 2.40. The number of aliphatic hydroxyl groups is 1. The highest BCUT2D eigenvalue weighted by molar-refractivity contribution is 14.0. The van der Waals surface area contributed by atoms with Gasteiger partial charge in [-0.2, -0.15) is 0 Å². The van der Waals surface area contributed by atoms with Gasteiger partial charge in [0.1, 0.15) is 0 Å². The maximum absolute atomic E-state index is 9.00. The molecule has 1 aliphatic carbocycles. The molecule has 0 radical (unpaired) electrons. The number of aliphatic imine (C=N–C) groups is 1. The molecule has 0 unspecified atom stereocenters. The van der Waals surface area contributed by atoms with Crippen molar-refractivity contribution in [3.05, 3.63) is 0 Å². The predicted molar refractivity (Wildman–Crippen MR) is 59.5 cm³/mol. The van der Waals surface area contributed by atoms with Gasteiger partial charge in [0.25, 0.3) is 0 Å². The Bertz CT molecular complexity index is 159. The van der Waals surface area contributed by atoms with Crippen molar-refractivity contribution in [2.24, 2.45) is 21.9 Å². The second kappa shape index (κ2) is 4.86. The van der Waals surface area contributed by atoms with Crippen molar-refractivity contribution in [2.45, 2.75) is 19.3 Å². The van der Waals surface area contributed by atoms with Crippen molar-refractivity contribution >= 4 is 29.9 Å². The summed E-state index contributed by atoms with van der Waals surface area (Å²) in [4.78, 5) is 3.90. The smallest absolute Gasteiger partial charge is 0.185 e. The number of aliphatic hydroxyl groups excluding tert-OH is 1. The molecule has 0 heterocycles. The van der Waals surface area contributed by atoms with E-state index in [1.54, 1.807) is 0 Å². The van der Waals surface area contributed by atoms with Crippen molar-refractivity contribution in [3.63, 3.8) is 0 Å². The number of rotatable bonds is 3. The Morgan fingerprint density at radius 1 is 1.42 bits per heavy atom. The van der Waals surface area contributed by atoms with Crippen molar-refractivity contribution in [1.29, 1.82) is 0 Å². The van der Waals surface area contributed by atoms with Crippen LogP contribution in [-0.4, -0.2) is 24.2 Å². The van der Waals surface area contributed by atoms with Gasteiger partial charge in [-0.15, -0.1) is 24.0 Å². The number of hydrogen-bond acceptors (Lipinski definition) is 2. The second-order valence-electron chi connectivity index (χ2n) is 3.25. The molecule has 0 aromatic carbocycles. The molecule has 5 N–H and O–H groups in total. The summed E-state index contributed by atoms with van der Waals surface area (Å²) in [5, 5.41) is 9.00. The SMILES string of the molecule is I.NC(N)=NCC1(CO)CCC1. The van der Waals surface area contributed by atoms with E-state index in [-0.39, 0.29) is 42.0 Å². The Hall–Kier alpha value is -0.0400. The van der Waals surface area contributed by atoms with Gasteiger partial charge in [0, 0.05) is 5.41 Å². The van der Waals surface area contributed by atoms with E-state index in [4.69, 9.17) is 16.6 Å². The molecule has 72 valence electrons. The van der Waals surface area contributed by atoms with Crippen LogP contribution in [0.5, 0.6) is 0 Å². The molecular formula is C7H16IN3O. The molecule has 0 aromatic rings. The van der Waals surface area contributed by atoms with E-state index < -0.39 is 0 Å². The molecule has 12 heavy (non-hydrogen) atoms. The standard InChI is InChI=1S/C7H15N3O.HI/c8-6(9)10-4-7(5-11)2-1-3-7;/h11H,1-5H2,(H4,8,9,10);1H. The van der Waals surface area contributed by atoms with E-state index in [0.717, 1.165) is 12.8 Å². The summed E-state index contributed by atoms with van der Waals surface area (Å²) in [5.41, 5.74) is 10.4. The fourth-order valence-corrected chi connectivity index (χ4v) is 1.30. The second-order valence-corrected chi connectivity index (χ2v) is 3.25. The molecule has 0 bridgehead atoms. The molecule has 1 rings (SSSR count). The third-order valence-corrected chi connectivity index (χ3v) is 2.35. The summed E-state index contributed by atoms with van der Waals surface area (Å²) in [6.07, 6.45) is 3.26. The van der Waals surface area contributed by atoms with E-state index in [1.807, 2.05) is 0 Å². The third-order valence-electron chi connectivity index (χ3n) is 2.35. The zero-order valence-electron chi connectivity index (χ0n) is 6.99. The first kappa shape index (κ1) is 12.0. The maximum atomic E-state index is 9.00. The zero-order valence-corrected chi connectivity index (χ0v) is 9.32. The maximum Gasteiger partial charge on any atom is 0.185 e. The fourth-order valence-electron chi connectivity index (χ4n) is 1.30. The monoisotopic (exact) mass is 285 g/mol. The quantitative estimate of drug-likeness (QED) is 0.389. The first-order valence-corrected chi connectivity index (χ1v) is 3.85. The molecule has 0 aromatic heterocycles. The predicted octanol–water partition coefficient (Wildman–Crippen LogP) is 0.0404. The molecule has 0 amide bonds. The van der Waals surface area contributed by atoms with Gasteiger partial charge >= 0.3 is 0 Å². The van der Waals surface area contributed by atoms with Crippen LogP contribution in [0.2, 0.25) is 0 Å². The van der Waals surface area contributed by atoms with Crippen LogP contribution in [0.3, 0.4) is 0 Å². The van der Waals surface area contributed by atoms with Crippen LogP contribution in [-0.2, 0) is 0 Å². The number of halogens is 1. The summed E-state index contributed by atoms with van der Waals surface area (Å²) >= 11 is 0. The van der Waals surface area contributed by atoms with Gasteiger partial charge in [0.2, 0.25) is 0 Å². The van der Waals surface area contributed by atoms with Gasteiger partial charge < -0.3 is 16.6 Å². The summed E-state index contributed by atoms with van der Waals surface area (Å²) in [6, 6.07) is 0. The lowest BCUT2D eigenvalue weighted by Gasteiger charge is -2.38. The molecule has 4 nitrogen and oxygen atoms in total. The van der Waals surface area contributed by atoms with Crippen molar-refractivity contribution in [2.75, 3.05) is 13.2 Å². The molecule has 0 aliphatic heterocycles. The molecule has 0 saturated heterocycles. The molecular weight excluding hydrogens is 269 g/mol. The Labute approximate surface area is 89.4 Å². The van der Waals surface area contributed by atoms with Crippen LogP contribution in [0.15, 0.2) is 4.99 Å². The highest BCUT2D eigenvalue weighted by atomic mass is 127. The summed E-state index contributed by atoms with van der Waals surface area (Å²) in [5.74, 6) is 0.115. The Balaban J connectivity index is 0.00000121. The lowest BCUT2D eigenvalue weighted by atomic mass is 9.69. The number of nitrogens with two attached hydrogens (primary N) is 2. The number of guanidine groups is 1. The molecule has 0 spiro atoms. The van der Waals surface area contributed by atoms with Gasteiger partial charge in [-0.05, 0) is 12.8 Å². The normalized spacial score (nSPS) is 18.8. The Morgan fingerprint density at radius 3 is 2.25 bits per heavy atom. The van der Waals surface area contributed by atoms with Gasteiger partial charge in [-0.1, -0.05) is 6.42 Å². The Morgan fingerprint density at radius 2 is 2.00 bits per heavy atom. The minimum Gasteiger partial charge on any atom is -0.396 e. The van der Waals surface area contributed by atoms with E-state index in [9.17, 15) is 0 Å². The average molecular weight is 285 g/mol. The van der Waals surface area contributed by atoms with Crippen LogP contribution in [0.1, 0.15) is 19.3 Å². The van der Waals surface area contributed by atoms with Crippen molar-refractivity contribution in [1.82, 2.24) is 0 Å². The van der Waals surface area contributed by atoms with Crippen molar-refractivity contribution < 1.29 is 5.11 Å². The van der Waals surface area contributed by atoms with Gasteiger partial charge in [0.05, 0.1) is 13.2 Å². The van der Waals surface area contributed by atoms with E-state index >= 15 is 0 Å². The fraction of sp³-hybridized carbons (Fsp3) is 0.857. The summed E-state index contributed by atoms with van der Waals surface area (Å²) < 4.78 is 0. The van der Waals surface area contributed by atoms with Crippen LogP contribution >= 0.6 is 24.0 Å². The third kappa shape index (κ3) is 2.78. The number of nitrogens with zero attached hydrogens (tertiary/aromatic N) is 1. The van der Waals surface area contributed by atoms with Crippen LogP contribution in [0, 0.1) is 5.41 Å². The molecule has 1 fully saturated rings. The molecule has 1 aliphatic rings. The average Bonchev–Trinajstić information content (AvgIpc) is 1.86. The zero-order chi connectivity index (χ0) is 8.32. The van der Waals surface area contributed by atoms with Crippen LogP contribution < -0.4 is 11.5 Å². The van der Waals surface area contributed by atoms with E-state index in [2.05, 4.69) is 4.99 Å². The molecule has 0 atom stereocenters. The first-order chi connectivity index (χ1) is 5.18. The van der Waals surface area contributed by atoms with Crippen LogP contribution in [0.25, 0.3) is 0 Å². The minimum atomic E-state index is 0. The highest BCUT2D eigenvalue weighted by Gasteiger charge is 2.35. The lowest BCUT2D eigenvalue weighted by Crippen LogP contribution is -2.37. The number of hydrogen-bond donors (Lipinski definition) is 3. The molecule has 5 heteroatoms. The van der Waals surface area contributed by atoms with Gasteiger partial charge in [0.15, 0.2) is 5.96 Å². The van der Waals surface area contributed by atoms with Crippen molar-refractivity contribution in [3.8, 4) is 0 Å². The van der Waals surface area contributed by atoms with Crippen LogP contribution in [0.4, 0.5) is 0 Å². The lowest BCUT2D eigenvalue weighted by molar-refractivity contribution is 0.0540. The van der Waals surface area contributed by atoms with Gasteiger partial charge in [-0.25, -0.2) is 0 Å². The largest absolute Gasteiger partial charge is 0.396 e. The van der Waals surface area contributed by atoms with E-state index in [1.165, 1.54) is 6.42 Å². The minimum absolute atomic E-state index is 0. The topological polar surface area (TPSA) is 84.6 Å². The van der Waals surface area contributed by atoms with E-state index in [0.29, 0.717) is 6.54 Å². The molecule has 1 saturated carbocycles. The Kier molecular flexibility index (Phi) is 4.84.